The van der Waals surface area contributed by atoms with E-state index < -0.39 is 5.60 Å². The Morgan fingerprint density at radius 1 is 1.43 bits per heavy atom. The van der Waals surface area contributed by atoms with Crippen LogP contribution < -0.4 is 5.32 Å². The number of hydrogen-bond acceptors (Lipinski definition) is 4. The highest BCUT2D eigenvalue weighted by atomic mass is 35.5. The Morgan fingerprint density at radius 2 is 2.19 bits per heavy atom. The molecule has 6 heteroatoms. The summed E-state index contributed by atoms with van der Waals surface area (Å²) in [6.07, 6.45) is 3.62. The maximum Gasteiger partial charge on any atom is 0.274 e. The second-order valence-corrected chi connectivity index (χ2v) is 5.68. The van der Waals surface area contributed by atoms with Crippen molar-refractivity contribution in [1.29, 1.82) is 0 Å². The van der Waals surface area contributed by atoms with Crippen LogP contribution in [0, 0.1) is 0 Å². The minimum atomic E-state index is -0.774. The van der Waals surface area contributed by atoms with Crippen LogP contribution in [0.15, 0.2) is 35.1 Å². The van der Waals surface area contributed by atoms with Crippen LogP contribution in [0.4, 0.5) is 0 Å². The fourth-order valence-electron chi connectivity index (χ4n) is 2.33. The van der Waals surface area contributed by atoms with Gasteiger partial charge in [-0.25, -0.2) is 4.98 Å². The molecule has 0 spiro atoms. The Labute approximate surface area is 126 Å². The second kappa shape index (κ2) is 5.50. The van der Waals surface area contributed by atoms with E-state index in [1.165, 1.54) is 6.39 Å². The molecule has 1 aromatic carbocycles. The topological polar surface area (TPSA) is 75.4 Å². The van der Waals surface area contributed by atoms with E-state index in [0.717, 1.165) is 6.42 Å². The van der Waals surface area contributed by atoms with Crippen LogP contribution in [0.1, 0.15) is 29.8 Å². The number of carbonyl (C=O) groups is 1. The molecule has 2 N–H and O–H groups in total. The first-order chi connectivity index (χ1) is 10.1. The molecule has 1 saturated carbocycles. The molecule has 3 rings (SSSR count). The zero-order valence-electron chi connectivity index (χ0n) is 11.3. The number of benzene rings is 1. The average molecular weight is 307 g/mol. The van der Waals surface area contributed by atoms with Gasteiger partial charge in [0.05, 0.1) is 10.6 Å². The van der Waals surface area contributed by atoms with Gasteiger partial charge in [0.2, 0.25) is 0 Å². The minimum absolute atomic E-state index is 0.172. The van der Waals surface area contributed by atoms with E-state index in [9.17, 15) is 9.90 Å². The van der Waals surface area contributed by atoms with Crippen molar-refractivity contribution in [2.24, 2.45) is 0 Å². The normalized spacial score (nSPS) is 16.3. The Balaban J connectivity index is 1.79. The molecule has 0 radical (unpaired) electrons. The molecule has 5 nitrogen and oxygen atoms in total. The number of nitrogens with zero attached hydrogens (tertiary/aromatic N) is 1. The van der Waals surface area contributed by atoms with E-state index in [2.05, 4.69) is 10.3 Å². The van der Waals surface area contributed by atoms with Crippen LogP contribution in [-0.4, -0.2) is 28.1 Å². The minimum Gasteiger partial charge on any atom is -0.443 e. The smallest absolute Gasteiger partial charge is 0.274 e. The molecule has 0 aliphatic heterocycles. The van der Waals surface area contributed by atoms with E-state index in [1.54, 1.807) is 18.2 Å². The Kier molecular flexibility index (Phi) is 3.69. The number of amides is 1. The first-order valence-electron chi connectivity index (χ1n) is 6.78. The fourth-order valence-corrected chi connectivity index (χ4v) is 2.56. The number of aromatic nitrogens is 1. The summed E-state index contributed by atoms with van der Waals surface area (Å²) in [5.74, 6) is -0.0438. The van der Waals surface area contributed by atoms with Crippen molar-refractivity contribution < 1.29 is 14.3 Å². The molecular weight excluding hydrogens is 292 g/mol. The van der Waals surface area contributed by atoms with Crippen LogP contribution in [0.3, 0.4) is 0 Å². The standard InChI is InChI=1S/C15H15ClN2O3/c16-11-5-2-1-4-10(11)13-12(18-9-21-13)14(19)17-8-15(20)6-3-7-15/h1-2,4-5,9,20H,3,6-8H2,(H,17,19). The van der Waals surface area contributed by atoms with Gasteiger partial charge in [0.15, 0.2) is 17.8 Å². The van der Waals surface area contributed by atoms with Crippen molar-refractivity contribution >= 4 is 17.5 Å². The largest absolute Gasteiger partial charge is 0.443 e. The summed E-state index contributed by atoms with van der Waals surface area (Å²) in [5, 5.41) is 13.2. The van der Waals surface area contributed by atoms with Gasteiger partial charge in [-0.2, -0.15) is 0 Å². The van der Waals surface area contributed by atoms with Gasteiger partial charge in [-0.3, -0.25) is 4.79 Å². The first kappa shape index (κ1) is 14.1. The van der Waals surface area contributed by atoms with E-state index in [0.29, 0.717) is 29.2 Å². The highest BCUT2D eigenvalue weighted by Crippen LogP contribution is 2.32. The SMILES string of the molecule is O=C(NCC1(O)CCC1)c1ncoc1-c1ccccc1Cl. The molecular formula is C15H15ClN2O3. The van der Waals surface area contributed by atoms with Crippen molar-refractivity contribution in [3.05, 3.63) is 41.4 Å². The summed E-state index contributed by atoms with van der Waals surface area (Å²) in [4.78, 5) is 16.2. The lowest BCUT2D eigenvalue weighted by Crippen LogP contribution is -2.47. The molecule has 0 bridgehead atoms. The molecule has 1 aliphatic carbocycles. The van der Waals surface area contributed by atoms with Crippen LogP contribution in [0.5, 0.6) is 0 Å². The van der Waals surface area contributed by atoms with Gasteiger partial charge in [0.25, 0.3) is 5.91 Å². The maximum atomic E-state index is 12.2. The van der Waals surface area contributed by atoms with Gasteiger partial charge in [0.1, 0.15) is 0 Å². The van der Waals surface area contributed by atoms with Gasteiger partial charge in [-0.05, 0) is 31.4 Å². The zero-order valence-corrected chi connectivity index (χ0v) is 12.1. The van der Waals surface area contributed by atoms with Crippen molar-refractivity contribution in [2.75, 3.05) is 6.54 Å². The van der Waals surface area contributed by atoms with Gasteiger partial charge in [-0.15, -0.1) is 0 Å². The summed E-state index contributed by atoms with van der Waals surface area (Å²) in [6.45, 7) is 0.223. The average Bonchev–Trinajstić information content (AvgIpc) is 2.92. The molecule has 1 aromatic heterocycles. The molecule has 1 heterocycles. The van der Waals surface area contributed by atoms with Crippen molar-refractivity contribution in [1.82, 2.24) is 10.3 Å². The van der Waals surface area contributed by atoms with Gasteiger partial charge in [0, 0.05) is 12.1 Å². The predicted octanol–water partition coefficient (Wildman–Crippen LogP) is 2.64. The molecule has 1 fully saturated rings. The van der Waals surface area contributed by atoms with Crippen LogP contribution in [0.2, 0.25) is 5.02 Å². The summed E-state index contributed by atoms with van der Waals surface area (Å²) in [7, 11) is 0. The Hall–Kier alpha value is -1.85. The zero-order chi connectivity index (χ0) is 14.9. The Bertz CT molecular complexity index is 664. The molecule has 2 aromatic rings. The van der Waals surface area contributed by atoms with E-state index in [1.807, 2.05) is 6.07 Å². The van der Waals surface area contributed by atoms with Crippen LogP contribution in [-0.2, 0) is 0 Å². The quantitative estimate of drug-likeness (QED) is 0.910. The number of halogens is 1. The Morgan fingerprint density at radius 3 is 2.86 bits per heavy atom. The summed E-state index contributed by atoms with van der Waals surface area (Å²) in [6, 6.07) is 7.09. The third-order valence-corrected chi connectivity index (χ3v) is 4.09. The van der Waals surface area contributed by atoms with Crippen LogP contribution in [0.25, 0.3) is 11.3 Å². The lowest BCUT2D eigenvalue weighted by molar-refractivity contribution is -0.0300. The highest BCUT2D eigenvalue weighted by molar-refractivity contribution is 6.33. The third-order valence-electron chi connectivity index (χ3n) is 3.76. The van der Waals surface area contributed by atoms with E-state index >= 15 is 0 Å². The molecule has 1 amide bonds. The lowest BCUT2D eigenvalue weighted by atomic mass is 9.80. The van der Waals surface area contributed by atoms with E-state index in [-0.39, 0.29) is 18.1 Å². The maximum absolute atomic E-state index is 12.2. The highest BCUT2D eigenvalue weighted by Gasteiger charge is 2.35. The number of rotatable bonds is 4. The second-order valence-electron chi connectivity index (χ2n) is 5.27. The fraction of sp³-hybridized carbons (Fsp3) is 0.333. The predicted molar refractivity (Wildman–Crippen MR) is 78.1 cm³/mol. The van der Waals surface area contributed by atoms with Gasteiger partial charge < -0.3 is 14.8 Å². The number of carbonyl (C=O) groups excluding carboxylic acids is 1. The monoisotopic (exact) mass is 306 g/mol. The van der Waals surface area contributed by atoms with Gasteiger partial charge >= 0.3 is 0 Å². The summed E-state index contributed by atoms with van der Waals surface area (Å²) < 4.78 is 5.31. The number of oxazole rings is 1. The number of aliphatic hydroxyl groups is 1. The first-order valence-corrected chi connectivity index (χ1v) is 7.16. The number of nitrogens with one attached hydrogen (secondary N) is 1. The molecule has 0 saturated heterocycles. The van der Waals surface area contributed by atoms with Crippen LogP contribution >= 0.6 is 11.6 Å². The molecule has 0 atom stereocenters. The molecule has 21 heavy (non-hydrogen) atoms. The molecule has 1 aliphatic rings. The summed E-state index contributed by atoms with van der Waals surface area (Å²) in [5.41, 5.74) is 0.0134. The van der Waals surface area contributed by atoms with Crippen molar-refractivity contribution in [3.63, 3.8) is 0 Å². The van der Waals surface area contributed by atoms with Crippen molar-refractivity contribution in [3.8, 4) is 11.3 Å². The van der Waals surface area contributed by atoms with E-state index in [4.69, 9.17) is 16.0 Å². The number of hydrogen-bond donors (Lipinski definition) is 2. The summed E-state index contributed by atoms with van der Waals surface area (Å²) >= 11 is 6.11. The molecule has 0 unspecified atom stereocenters. The third kappa shape index (κ3) is 2.80. The van der Waals surface area contributed by atoms with Crippen molar-refractivity contribution in [2.45, 2.75) is 24.9 Å². The van der Waals surface area contributed by atoms with Gasteiger partial charge in [-0.1, -0.05) is 23.7 Å². The molecule has 110 valence electrons. The lowest BCUT2D eigenvalue weighted by Gasteiger charge is -2.36.